The number of morpholine rings is 1. The van der Waals surface area contributed by atoms with Crippen LogP contribution in [0.25, 0.3) is 33.6 Å². The lowest BCUT2D eigenvalue weighted by Crippen LogP contribution is -2.54. The molecule has 2 aromatic carbocycles. The van der Waals surface area contributed by atoms with E-state index >= 15 is 0 Å². The zero-order chi connectivity index (χ0) is 39.2. The molecule has 2 aromatic heterocycles. The van der Waals surface area contributed by atoms with Gasteiger partial charge in [0.05, 0.1) is 57.3 Å². The summed E-state index contributed by atoms with van der Waals surface area (Å²) in [6.45, 7) is 9.18. The Morgan fingerprint density at radius 3 is 1.58 bits per heavy atom. The summed E-state index contributed by atoms with van der Waals surface area (Å²) in [6, 6.07) is 14.3. The smallest absolute Gasteiger partial charge is 0.407 e. The monoisotopic (exact) mass is 754 g/mol. The average molecular weight is 755 g/mol. The maximum Gasteiger partial charge on any atom is 0.407 e. The van der Waals surface area contributed by atoms with Gasteiger partial charge in [0, 0.05) is 13.1 Å². The van der Waals surface area contributed by atoms with Crippen LogP contribution < -0.4 is 10.6 Å². The molecule has 0 radical (unpaired) electrons. The van der Waals surface area contributed by atoms with Gasteiger partial charge in [0.1, 0.15) is 29.8 Å². The number of amides is 4. The number of imidazole rings is 2. The number of rotatable bonds is 11. The molecule has 4 aromatic rings. The van der Waals surface area contributed by atoms with Gasteiger partial charge in [-0.3, -0.25) is 9.59 Å². The predicted molar refractivity (Wildman–Crippen MR) is 204 cm³/mol. The highest BCUT2D eigenvalue weighted by atomic mass is 16.5. The summed E-state index contributed by atoms with van der Waals surface area (Å²) in [4.78, 5) is 70.7. The summed E-state index contributed by atoms with van der Waals surface area (Å²) in [5.41, 5.74) is 5.64. The summed E-state index contributed by atoms with van der Waals surface area (Å²) in [5.74, 6) is 0.704. The first-order valence-electron chi connectivity index (χ1n) is 18.7. The average Bonchev–Trinajstić information content (AvgIpc) is 4.00. The zero-order valence-electron chi connectivity index (χ0n) is 32.1. The van der Waals surface area contributed by atoms with E-state index in [0.29, 0.717) is 31.3 Å². The van der Waals surface area contributed by atoms with E-state index in [-0.39, 0.29) is 36.3 Å². The fourth-order valence-corrected chi connectivity index (χ4v) is 7.15. The highest BCUT2D eigenvalue weighted by Crippen LogP contribution is 2.34. The number of methoxy groups -OCH3 is 2. The largest absolute Gasteiger partial charge is 0.453 e. The molecule has 292 valence electrons. The summed E-state index contributed by atoms with van der Waals surface area (Å²) in [5, 5.41) is 5.36. The third-order valence-corrected chi connectivity index (χ3v) is 10.3. The number of hydrogen-bond donors (Lipinski definition) is 4. The topological polar surface area (TPSA) is 184 Å². The third kappa shape index (κ3) is 8.67. The number of ether oxygens (including phenoxy) is 3. The molecule has 0 bridgehead atoms. The summed E-state index contributed by atoms with van der Waals surface area (Å²) < 4.78 is 15.2. The molecule has 6 rings (SSSR count). The molecule has 0 spiro atoms. The Labute approximate surface area is 320 Å². The van der Waals surface area contributed by atoms with Crippen LogP contribution in [0.2, 0.25) is 0 Å². The van der Waals surface area contributed by atoms with Crippen LogP contribution in [-0.4, -0.2) is 106 Å². The van der Waals surface area contributed by atoms with E-state index in [1.807, 2.05) is 52.0 Å². The summed E-state index contributed by atoms with van der Waals surface area (Å²) in [6.07, 6.45) is 3.89. The minimum Gasteiger partial charge on any atom is -0.453 e. The minimum absolute atomic E-state index is 0.109. The fraction of sp³-hybridized carbons (Fsp3) is 0.450. The predicted octanol–water partition coefficient (Wildman–Crippen LogP) is 5.46. The normalized spacial score (nSPS) is 18.3. The van der Waals surface area contributed by atoms with Gasteiger partial charge < -0.3 is 44.6 Å². The molecule has 2 saturated heterocycles. The summed E-state index contributed by atoms with van der Waals surface area (Å²) in [7, 11) is 2.56. The van der Waals surface area contributed by atoms with E-state index < -0.39 is 30.3 Å². The molecular formula is C40H50N8O7. The standard InChI is InChI=1S/C40H50N8O7/c1-23(2)33(45-39(51)53-5)37(49)47-17-7-8-31(47)35-41-20-29(43-35)27-13-9-25(10-14-27)26-11-15-28(16-12-26)30-21-42-36(44-30)32-22-55-19-18-48(32)38(50)34(24(3)4)46-40(52)54-6/h9-16,20-21,23-24,31-34H,7-8,17-19,22H2,1-6H3,(H,41,43)(H,42,44)(H,45,51)(H,46,52)/t31-,32-,33?,34-/m0/s1. The third-order valence-electron chi connectivity index (χ3n) is 10.3. The fourth-order valence-electron chi connectivity index (χ4n) is 7.15. The van der Waals surface area contributed by atoms with Gasteiger partial charge in [-0.15, -0.1) is 0 Å². The molecule has 1 unspecified atom stereocenters. The number of likely N-dealkylation sites (tertiary alicyclic amines) is 1. The van der Waals surface area contributed by atoms with Gasteiger partial charge in [0.15, 0.2) is 0 Å². The molecular weight excluding hydrogens is 704 g/mol. The van der Waals surface area contributed by atoms with E-state index in [1.54, 1.807) is 22.2 Å². The van der Waals surface area contributed by atoms with Crippen molar-refractivity contribution in [3.8, 4) is 33.6 Å². The molecule has 2 aliphatic rings. The maximum atomic E-state index is 13.6. The van der Waals surface area contributed by atoms with Crippen LogP contribution in [0.15, 0.2) is 60.9 Å². The van der Waals surface area contributed by atoms with Crippen molar-refractivity contribution in [1.82, 2.24) is 40.4 Å². The van der Waals surface area contributed by atoms with Crippen molar-refractivity contribution in [2.45, 2.75) is 64.7 Å². The first kappa shape index (κ1) is 39.0. The Morgan fingerprint density at radius 2 is 1.13 bits per heavy atom. The molecule has 0 aliphatic carbocycles. The number of benzene rings is 2. The van der Waals surface area contributed by atoms with Crippen LogP contribution in [0.4, 0.5) is 9.59 Å². The molecule has 4 atom stereocenters. The van der Waals surface area contributed by atoms with Crippen LogP contribution in [0.5, 0.6) is 0 Å². The lowest BCUT2D eigenvalue weighted by atomic mass is 10.0. The number of nitrogens with zero attached hydrogens (tertiary/aromatic N) is 4. The Hall–Kier alpha value is -5.70. The second-order valence-corrected chi connectivity index (χ2v) is 14.5. The highest BCUT2D eigenvalue weighted by Gasteiger charge is 2.38. The van der Waals surface area contributed by atoms with Crippen LogP contribution in [0, 0.1) is 11.8 Å². The molecule has 4 amide bonds. The van der Waals surface area contributed by atoms with E-state index in [2.05, 4.69) is 54.8 Å². The van der Waals surface area contributed by atoms with E-state index in [9.17, 15) is 19.2 Å². The second-order valence-electron chi connectivity index (χ2n) is 14.5. The van der Waals surface area contributed by atoms with E-state index in [4.69, 9.17) is 14.2 Å². The number of H-pyrrole nitrogens is 2. The quantitative estimate of drug-likeness (QED) is 0.155. The highest BCUT2D eigenvalue weighted by molar-refractivity contribution is 5.87. The number of aromatic amines is 2. The Morgan fingerprint density at radius 1 is 0.691 bits per heavy atom. The molecule has 55 heavy (non-hydrogen) atoms. The van der Waals surface area contributed by atoms with Gasteiger partial charge in [-0.25, -0.2) is 19.6 Å². The van der Waals surface area contributed by atoms with Crippen LogP contribution in [0.3, 0.4) is 0 Å². The Balaban J connectivity index is 1.11. The van der Waals surface area contributed by atoms with Crippen LogP contribution in [-0.2, 0) is 23.8 Å². The number of aromatic nitrogens is 4. The van der Waals surface area contributed by atoms with Crippen LogP contribution >= 0.6 is 0 Å². The van der Waals surface area contributed by atoms with Gasteiger partial charge in [0.2, 0.25) is 11.8 Å². The number of alkyl carbamates (subject to hydrolysis) is 2. The van der Waals surface area contributed by atoms with E-state index in [1.165, 1.54) is 14.2 Å². The maximum absolute atomic E-state index is 13.6. The SMILES string of the molecule is COC(=O)NC(C(=O)N1CCC[C@H]1c1ncc(-c2ccc(-c3ccc(-c4cnc([C@@H]5COCCN5C(=O)[C@@H](NC(=O)OC)C(C)C)[nH]4)cc3)cc2)[nH]1)C(C)C. The zero-order valence-corrected chi connectivity index (χ0v) is 32.1. The van der Waals surface area contributed by atoms with Crippen molar-refractivity contribution in [2.24, 2.45) is 11.8 Å². The van der Waals surface area contributed by atoms with E-state index in [0.717, 1.165) is 46.5 Å². The van der Waals surface area contributed by atoms with Crippen LogP contribution in [0.1, 0.15) is 64.3 Å². The van der Waals surface area contributed by atoms with Gasteiger partial charge in [-0.1, -0.05) is 76.2 Å². The molecule has 0 saturated carbocycles. The molecule has 4 N–H and O–H groups in total. The second kappa shape index (κ2) is 17.2. The van der Waals surface area contributed by atoms with Gasteiger partial charge in [0.25, 0.3) is 0 Å². The lowest BCUT2D eigenvalue weighted by Gasteiger charge is -2.37. The molecule has 2 aliphatic heterocycles. The Bertz CT molecular complexity index is 1960. The van der Waals surface area contributed by atoms with Crippen molar-refractivity contribution in [1.29, 1.82) is 0 Å². The molecule has 2 fully saturated rings. The number of hydrogen-bond acceptors (Lipinski definition) is 9. The first-order valence-corrected chi connectivity index (χ1v) is 18.7. The van der Waals surface area contributed by atoms with Gasteiger partial charge in [-0.05, 0) is 46.9 Å². The number of carbonyl (C=O) groups excluding carboxylic acids is 4. The summed E-state index contributed by atoms with van der Waals surface area (Å²) >= 11 is 0. The lowest BCUT2D eigenvalue weighted by molar-refractivity contribution is -0.143. The molecule has 15 heteroatoms. The first-order chi connectivity index (χ1) is 26.5. The van der Waals surface area contributed by atoms with Gasteiger partial charge in [-0.2, -0.15) is 0 Å². The van der Waals surface area contributed by atoms with Crippen molar-refractivity contribution in [2.75, 3.05) is 40.5 Å². The van der Waals surface area contributed by atoms with Crippen molar-refractivity contribution in [3.63, 3.8) is 0 Å². The Kier molecular flexibility index (Phi) is 12.2. The number of carbonyl (C=O) groups is 4. The minimum atomic E-state index is -0.747. The molecule has 4 heterocycles. The van der Waals surface area contributed by atoms with Crippen molar-refractivity contribution >= 4 is 24.0 Å². The van der Waals surface area contributed by atoms with Gasteiger partial charge >= 0.3 is 12.2 Å². The van der Waals surface area contributed by atoms with Crippen molar-refractivity contribution in [3.05, 3.63) is 72.6 Å². The molecule has 15 nitrogen and oxygen atoms in total. The number of nitrogens with one attached hydrogen (secondary N) is 4. The van der Waals surface area contributed by atoms with Crippen molar-refractivity contribution < 1.29 is 33.4 Å².